The molecule has 3 aliphatic heterocycles. The second-order valence-electron chi connectivity index (χ2n) is 5.16. The van der Waals surface area contributed by atoms with Crippen LogP contribution in [0.2, 0.25) is 5.02 Å². The fraction of sp³-hybridized carbons (Fsp3) is 0.467. The Hall–Kier alpha value is -0.790. The first-order valence-corrected chi connectivity index (χ1v) is 6.85. The molecule has 0 amide bonds. The molecular formula is C15H18ClN. The average Bonchev–Trinajstić information content (AvgIpc) is 2.39. The largest absolute Gasteiger partial charge is 0.299 e. The number of nitrogens with zero attached hydrogens (tertiary/aromatic N) is 1. The number of halogens is 1. The van der Waals surface area contributed by atoms with Crippen LogP contribution in [-0.4, -0.2) is 24.5 Å². The Kier molecular flexibility index (Phi) is 3.21. The summed E-state index contributed by atoms with van der Waals surface area (Å²) >= 11 is 5.89. The monoisotopic (exact) mass is 247 g/mol. The molecule has 1 aromatic carbocycles. The second kappa shape index (κ2) is 4.83. The summed E-state index contributed by atoms with van der Waals surface area (Å²) in [6.07, 6.45) is 6.23. The average molecular weight is 248 g/mol. The van der Waals surface area contributed by atoms with E-state index >= 15 is 0 Å². The normalized spacial score (nSPS) is 29.8. The van der Waals surface area contributed by atoms with Crippen molar-refractivity contribution in [2.75, 3.05) is 19.6 Å². The minimum Gasteiger partial charge on any atom is -0.299 e. The maximum Gasteiger partial charge on any atom is 0.0406 e. The van der Waals surface area contributed by atoms with E-state index in [1.807, 2.05) is 12.1 Å². The van der Waals surface area contributed by atoms with Gasteiger partial charge in [0.15, 0.2) is 0 Å². The lowest BCUT2D eigenvalue weighted by molar-refractivity contribution is 0.161. The molecule has 17 heavy (non-hydrogen) atoms. The van der Waals surface area contributed by atoms with E-state index in [9.17, 15) is 0 Å². The SMILES string of the molecule is Clc1ccc(C/C=C2\CN3CCC2CC3)cc1. The third-order valence-corrected chi connectivity index (χ3v) is 4.28. The van der Waals surface area contributed by atoms with Gasteiger partial charge in [0, 0.05) is 11.6 Å². The van der Waals surface area contributed by atoms with Gasteiger partial charge in [0.1, 0.15) is 0 Å². The molecule has 3 fully saturated rings. The van der Waals surface area contributed by atoms with Gasteiger partial charge in [0.2, 0.25) is 0 Å². The van der Waals surface area contributed by atoms with Crippen molar-refractivity contribution in [3.05, 3.63) is 46.5 Å². The third kappa shape index (κ3) is 2.56. The summed E-state index contributed by atoms with van der Waals surface area (Å²) in [6.45, 7) is 3.82. The van der Waals surface area contributed by atoms with Gasteiger partial charge in [-0.1, -0.05) is 35.4 Å². The van der Waals surface area contributed by atoms with Crippen LogP contribution in [-0.2, 0) is 6.42 Å². The minimum absolute atomic E-state index is 0.823. The molecule has 0 aromatic heterocycles. The highest BCUT2D eigenvalue weighted by atomic mass is 35.5. The lowest BCUT2D eigenvalue weighted by atomic mass is 9.83. The van der Waals surface area contributed by atoms with Crippen LogP contribution in [0.1, 0.15) is 18.4 Å². The predicted molar refractivity (Wildman–Crippen MR) is 72.4 cm³/mol. The van der Waals surface area contributed by atoms with Crippen molar-refractivity contribution < 1.29 is 0 Å². The smallest absolute Gasteiger partial charge is 0.0406 e. The van der Waals surface area contributed by atoms with Crippen LogP contribution < -0.4 is 0 Å². The molecule has 0 aliphatic carbocycles. The van der Waals surface area contributed by atoms with Crippen LogP contribution >= 0.6 is 11.6 Å². The molecular weight excluding hydrogens is 230 g/mol. The molecule has 1 nitrogen and oxygen atoms in total. The lowest BCUT2D eigenvalue weighted by Crippen LogP contribution is -2.43. The van der Waals surface area contributed by atoms with Crippen LogP contribution in [0.15, 0.2) is 35.9 Å². The maximum absolute atomic E-state index is 5.89. The third-order valence-electron chi connectivity index (χ3n) is 4.03. The van der Waals surface area contributed by atoms with Crippen LogP contribution in [0.5, 0.6) is 0 Å². The summed E-state index contributed by atoms with van der Waals surface area (Å²) in [6, 6.07) is 8.21. The molecule has 3 saturated heterocycles. The molecule has 3 aliphatic rings. The van der Waals surface area contributed by atoms with E-state index in [4.69, 9.17) is 11.6 Å². The minimum atomic E-state index is 0.823. The molecule has 0 N–H and O–H groups in total. The second-order valence-corrected chi connectivity index (χ2v) is 5.60. The summed E-state index contributed by atoms with van der Waals surface area (Å²) in [5.74, 6) is 0.868. The first kappa shape index (κ1) is 11.3. The topological polar surface area (TPSA) is 3.24 Å². The zero-order valence-electron chi connectivity index (χ0n) is 10.0. The fourth-order valence-electron chi connectivity index (χ4n) is 2.95. The fourth-order valence-corrected chi connectivity index (χ4v) is 3.08. The van der Waals surface area contributed by atoms with E-state index in [1.54, 1.807) is 5.57 Å². The highest BCUT2D eigenvalue weighted by molar-refractivity contribution is 6.30. The van der Waals surface area contributed by atoms with Gasteiger partial charge in [-0.2, -0.15) is 0 Å². The molecule has 90 valence electrons. The van der Waals surface area contributed by atoms with Crippen molar-refractivity contribution in [3.8, 4) is 0 Å². The number of hydrogen-bond donors (Lipinski definition) is 0. The van der Waals surface area contributed by atoms with Gasteiger partial charge in [-0.05, 0) is 56.0 Å². The first-order valence-electron chi connectivity index (χ1n) is 6.47. The molecule has 0 radical (unpaired) electrons. The van der Waals surface area contributed by atoms with Crippen molar-refractivity contribution in [1.82, 2.24) is 4.90 Å². The van der Waals surface area contributed by atoms with E-state index in [2.05, 4.69) is 23.1 Å². The Morgan fingerprint density at radius 1 is 1.18 bits per heavy atom. The number of piperidine rings is 3. The van der Waals surface area contributed by atoms with E-state index in [0.29, 0.717) is 0 Å². The van der Waals surface area contributed by atoms with Crippen LogP contribution in [0.25, 0.3) is 0 Å². The van der Waals surface area contributed by atoms with Gasteiger partial charge in [0.25, 0.3) is 0 Å². The van der Waals surface area contributed by atoms with Crippen molar-refractivity contribution >= 4 is 11.6 Å². The summed E-state index contributed by atoms with van der Waals surface area (Å²) < 4.78 is 0. The number of allylic oxidation sites excluding steroid dienone is 1. The summed E-state index contributed by atoms with van der Waals surface area (Å²) in [5, 5.41) is 0.823. The quantitative estimate of drug-likeness (QED) is 0.723. The molecule has 3 heterocycles. The predicted octanol–water partition coefficient (Wildman–Crippen LogP) is 3.53. The Labute approximate surface area is 108 Å². The zero-order valence-corrected chi connectivity index (χ0v) is 10.8. The van der Waals surface area contributed by atoms with E-state index in [-0.39, 0.29) is 0 Å². The van der Waals surface area contributed by atoms with Gasteiger partial charge in [-0.25, -0.2) is 0 Å². The molecule has 4 rings (SSSR count). The summed E-state index contributed by atoms with van der Waals surface area (Å²) in [5.41, 5.74) is 3.02. The summed E-state index contributed by atoms with van der Waals surface area (Å²) in [4.78, 5) is 2.58. The zero-order chi connectivity index (χ0) is 11.7. The van der Waals surface area contributed by atoms with Crippen molar-refractivity contribution in [2.45, 2.75) is 19.3 Å². The molecule has 0 atom stereocenters. The Morgan fingerprint density at radius 2 is 1.88 bits per heavy atom. The summed E-state index contributed by atoms with van der Waals surface area (Å²) in [7, 11) is 0. The highest BCUT2D eigenvalue weighted by Gasteiger charge is 2.28. The number of fused-ring (bicyclic) bond motifs is 3. The van der Waals surface area contributed by atoms with Gasteiger partial charge < -0.3 is 0 Å². The van der Waals surface area contributed by atoms with E-state index in [1.165, 1.54) is 38.0 Å². The van der Waals surface area contributed by atoms with Crippen LogP contribution in [0.3, 0.4) is 0 Å². The van der Waals surface area contributed by atoms with Crippen LogP contribution in [0, 0.1) is 5.92 Å². The van der Waals surface area contributed by atoms with Crippen molar-refractivity contribution in [1.29, 1.82) is 0 Å². The lowest BCUT2D eigenvalue weighted by Gasteiger charge is -2.41. The van der Waals surface area contributed by atoms with Crippen molar-refractivity contribution in [3.63, 3.8) is 0 Å². The Morgan fingerprint density at radius 3 is 2.47 bits per heavy atom. The molecule has 2 heteroatoms. The van der Waals surface area contributed by atoms with Gasteiger partial charge in [0.05, 0.1) is 0 Å². The van der Waals surface area contributed by atoms with Gasteiger partial charge >= 0.3 is 0 Å². The van der Waals surface area contributed by atoms with E-state index in [0.717, 1.165) is 17.4 Å². The standard InChI is InChI=1S/C15H18ClN/c16-15-5-2-12(3-6-15)1-4-14-11-17-9-7-13(14)8-10-17/h2-6,13H,1,7-11H2/b14-4+. The molecule has 1 aromatic rings. The molecule has 0 saturated carbocycles. The molecule has 0 unspecified atom stereocenters. The van der Waals surface area contributed by atoms with Gasteiger partial charge in [-0.15, -0.1) is 0 Å². The number of benzene rings is 1. The van der Waals surface area contributed by atoms with Crippen LogP contribution in [0.4, 0.5) is 0 Å². The van der Waals surface area contributed by atoms with Gasteiger partial charge in [-0.3, -0.25) is 4.90 Å². The number of hydrogen-bond acceptors (Lipinski definition) is 1. The molecule has 2 bridgehead atoms. The molecule has 0 spiro atoms. The Bertz CT molecular complexity index is 413. The highest BCUT2D eigenvalue weighted by Crippen LogP contribution is 2.31. The Balaban J connectivity index is 1.68. The van der Waals surface area contributed by atoms with Crippen molar-refractivity contribution in [2.24, 2.45) is 5.92 Å². The first-order chi connectivity index (χ1) is 8.31. The van der Waals surface area contributed by atoms with E-state index < -0.39 is 0 Å². The maximum atomic E-state index is 5.89. The number of rotatable bonds is 2.